The quantitative estimate of drug-likeness (QED) is 0.598. The number of ether oxygens (including phenoxy) is 2. The molecule has 1 aromatic heterocycles. The third-order valence-electron chi connectivity index (χ3n) is 3.09. The summed E-state index contributed by atoms with van der Waals surface area (Å²) in [6, 6.07) is 6.16. The first-order valence-electron chi connectivity index (χ1n) is 7.88. The number of pyridine rings is 1. The first-order valence-corrected chi connectivity index (χ1v) is 7.88. The molecule has 0 saturated carbocycles. The maximum absolute atomic E-state index is 5.46. The topological polar surface area (TPSA) is 46.6 Å². The minimum absolute atomic E-state index is 0.710. The van der Waals surface area contributed by atoms with Gasteiger partial charge in [-0.05, 0) is 32.5 Å². The van der Waals surface area contributed by atoms with Gasteiger partial charge in [0, 0.05) is 32.8 Å². The van der Waals surface area contributed by atoms with Crippen LogP contribution in [0.4, 0.5) is 5.82 Å². The van der Waals surface area contributed by atoms with Crippen LogP contribution in [0.3, 0.4) is 0 Å². The predicted molar refractivity (Wildman–Crippen MR) is 86.8 cm³/mol. The largest absolute Gasteiger partial charge is 0.380 e. The van der Waals surface area contributed by atoms with Gasteiger partial charge < -0.3 is 19.7 Å². The minimum Gasteiger partial charge on any atom is -0.380 e. The summed E-state index contributed by atoms with van der Waals surface area (Å²) in [5.41, 5.74) is 1.06. The van der Waals surface area contributed by atoms with Crippen molar-refractivity contribution in [1.29, 1.82) is 0 Å². The van der Waals surface area contributed by atoms with Gasteiger partial charge in [-0.15, -0.1) is 0 Å². The summed E-state index contributed by atoms with van der Waals surface area (Å²) in [6.45, 7) is 12.4. The van der Waals surface area contributed by atoms with Gasteiger partial charge in [0.25, 0.3) is 0 Å². The summed E-state index contributed by atoms with van der Waals surface area (Å²) < 4.78 is 10.9. The van der Waals surface area contributed by atoms with Gasteiger partial charge in [0.1, 0.15) is 5.82 Å². The van der Waals surface area contributed by atoms with Gasteiger partial charge >= 0.3 is 0 Å². The van der Waals surface area contributed by atoms with Crippen LogP contribution in [0.25, 0.3) is 0 Å². The van der Waals surface area contributed by atoms with Crippen LogP contribution in [-0.4, -0.2) is 51.0 Å². The maximum atomic E-state index is 5.46. The second-order valence-electron chi connectivity index (χ2n) is 4.65. The Bertz CT molecular complexity index is 364. The van der Waals surface area contributed by atoms with E-state index in [1.54, 1.807) is 0 Å². The van der Waals surface area contributed by atoms with Crippen molar-refractivity contribution in [3.05, 3.63) is 23.9 Å². The van der Waals surface area contributed by atoms with Gasteiger partial charge in [0.05, 0.1) is 18.9 Å². The molecule has 0 aliphatic carbocycles. The van der Waals surface area contributed by atoms with E-state index in [0.717, 1.165) is 50.9 Å². The van der Waals surface area contributed by atoms with E-state index < -0.39 is 0 Å². The van der Waals surface area contributed by atoms with Crippen LogP contribution in [0.15, 0.2) is 18.2 Å². The van der Waals surface area contributed by atoms with E-state index >= 15 is 0 Å². The van der Waals surface area contributed by atoms with Crippen LogP contribution in [0, 0.1) is 0 Å². The summed E-state index contributed by atoms with van der Waals surface area (Å²) >= 11 is 0. The van der Waals surface area contributed by atoms with E-state index in [1.807, 2.05) is 19.9 Å². The Hall–Kier alpha value is -1.17. The molecule has 0 amide bonds. The number of rotatable bonds is 12. The van der Waals surface area contributed by atoms with Crippen molar-refractivity contribution in [3.63, 3.8) is 0 Å². The van der Waals surface area contributed by atoms with Crippen LogP contribution >= 0.6 is 0 Å². The summed E-state index contributed by atoms with van der Waals surface area (Å²) in [5.74, 6) is 0.991. The monoisotopic (exact) mass is 295 g/mol. The molecule has 1 rings (SSSR count). The van der Waals surface area contributed by atoms with Crippen LogP contribution in [0.2, 0.25) is 0 Å². The Morgan fingerprint density at radius 1 is 1.05 bits per heavy atom. The van der Waals surface area contributed by atoms with Crippen LogP contribution in [0.1, 0.15) is 26.5 Å². The van der Waals surface area contributed by atoms with Crippen molar-refractivity contribution in [1.82, 2.24) is 10.3 Å². The van der Waals surface area contributed by atoms with E-state index in [0.29, 0.717) is 13.2 Å². The molecular formula is C16H29N3O2. The predicted octanol–water partition coefficient (Wildman–Crippen LogP) is 2.07. The third-order valence-corrected chi connectivity index (χ3v) is 3.09. The fraction of sp³-hybridized carbons (Fsp3) is 0.688. The second kappa shape index (κ2) is 11.5. The standard InChI is InChI=1S/C16H29N3O2/c1-4-17-14-15-8-7-9-16(18-15)19(10-12-20-5-2)11-13-21-6-3/h7-9,17H,4-6,10-14H2,1-3H3. The number of hydrogen-bond donors (Lipinski definition) is 1. The minimum atomic E-state index is 0.710. The van der Waals surface area contributed by atoms with E-state index in [4.69, 9.17) is 14.5 Å². The molecule has 1 N–H and O–H groups in total. The summed E-state index contributed by atoms with van der Waals surface area (Å²) in [5, 5.41) is 3.30. The van der Waals surface area contributed by atoms with Crippen molar-refractivity contribution < 1.29 is 9.47 Å². The number of nitrogens with zero attached hydrogens (tertiary/aromatic N) is 2. The third kappa shape index (κ3) is 7.41. The highest BCUT2D eigenvalue weighted by Crippen LogP contribution is 2.11. The second-order valence-corrected chi connectivity index (χ2v) is 4.65. The molecular weight excluding hydrogens is 266 g/mol. The van der Waals surface area contributed by atoms with E-state index in [9.17, 15) is 0 Å². The van der Waals surface area contributed by atoms with Crippen molar-refractivity contribution in [2.45, 2.75) is 27.3 Å². The molecule has 120 valence electrons. The lowest BCUT2D eigenvalue weighted by Gasteiger charge is -2.24. The molecule has 0 saturated heterocycles. The molecule has 5 heteroatoms. The van der Waals surface area contributed by atoms with E-state index in [-0.39, 0.29) is 0 Å². The molecule has 0 fully saturated rings. The highest BCUT2D eigenvalue weighted by atomic mass is 16.5. The van der Waals surface area contributed by atoms with Gasteiger partial charge in [0.2, 0.25) is 0 Å². The normalized spacial score (nSPS) is 10.8. The van der Waals surface area contributed by atoms with Crippen LogP contribution in [-0.2, 0) is 16.0 Å². The fourth-order valence-electron chi connectivity index (χ4n) is 1.97. The molecule has 0 aromatic carbocycles. The lowest BCUT2D eigenvalue weighted by Crippen LogP contribution is -2.32. The number of anilines is 1. The SMILES string of the molecule is CCNCc1cccc(N(CCOCC)CCOCC)n1. The molecule has 0 bridgehead atoms. The lowest BCUT2D eigenvalue weighted by molar-refractivity contribution is 0.141. The molecule has 21 heavy (non-hydrogen) atoms. The number of nitrogens with one attached hydrogen (secondary N) is 1. The Labute approximate surface area is 128 Å². The summed E-state index contributed by atoms with van der Waals surface area (Å²) in [6.07, 6.45) is 0. The molecule has 0 atom stereocenters. The van der Waals surface area contributed by atoms with Gasteiger partial charge in [-0.2, -0.15) is 0 Å². The van der Waals surface area contributed by atoms with Crippen LogP contribution < -0.4 is 10.2 Å². The summed E-state index contributed by atoms with van der Waals surface area (Å²) in [7, 11) is 0. The molecule has 0 spiro atoms. The lowest BCUT2D eigenvalue weighted by atomic mass is 10.3. The molecule has 0 aliphatic rings. The van der Waals surface area contributed by atoms with Crippen molar-refractivity contribution >= 4 is 5.82 Å². The molecule has 0 unspecified atom stereocenters. The molecule has 5 nitrogen and oxygen atoms in total. The Balaban J connectivity index is 2.65. The van der Waals surface area contributed by atoms with Gasteiger partial charge in [0.15, 0.2) is 0 Å². The Morgan fingerprint density at radius 2 is 1.71 bits per heavy atom. The Kier molecular flexibility index (Phi) is 9.78. The highest BCUT2D eigenvalue weighted by Gasteiger charge is 2.08. The maximum Gasteiger partial charge on any atom is 0.129 e. The van der Waals surface area contributed by atoms with E-state index in [2.05, 4.69) is 29.3 Å². The number of hydrogen-bond acceptors (Lipinski definition) is 5. The highest BCUT2D eigenvalue weighted by molar-refractivity contribution is 5.39. The van der Waals surface area contributed by atoms with Gasteiger partial charge in [-0.25, -0.2) is 4.98 Å². The molecule has 1 aromatic rings. The van der Waals surface area contributed by atoms with E-state index in [1.165, 1.54) is 0 Å². The van der Waals surface area contributed by atoms with Crippen molar-refractivity contribution in [3.8, 4) is 0 Å². The van der Waals surface area contributed by atoms with Gasteiger partial charge in [-0.3, -0.25) is 0 Å². The van der Waals surface area contributed by atoms with Gasteiger partial charge in [-0.1, -0.05) is 13.0 Å². The fourth-order valence-corrected chi connectivity index (χ4v) is 1.97. The zero-order valence-corrected chi connectivity index (χ0v) is 13.6. The molecule has 1 heterocycles. The van der Waals surface area contributed by atoms with Crippen molar-refractivity contribution in [2.24, 2.45) is 0 Å². The smallest absolute Gasteiger partial charge is 0.129 e. The molecule has 0 aliphatic heterocycles. The number of aromatic nitrogens is 1. The zero-order chi connectivity index (χ0) is 15.3. The first-order chi connectivity index (χ1) is 10.3. The van der Waals surface area contributed by atoms with Crippen LogP contribution in [0.5, 0.6) is 0 Å². The van der Waals surface area contributed by atoms with Crippen molar-refractivity contribution in [2.75, 3.05) is 51.0 Å². The average Bonchev–Trinajstić information content (AvgIpc) is 2.52. The summed E-state index contributed by atoms with van der Waals surface area (Å²) in [4.78, 5) is 6.94. The molecule has 0 radical (unpaired) electrons. The Morgan fingerprint density at radius 3 is 2.29 bits per heavy atom. The zero-order valence-electron chi connectivity index (χ0n) is 13.6. The first kappa shape index (κ1) is 17.9. The average molecular weight is 295 g/mol.